The van der Waals surface area contributed by atoms with Crippen molar-refractivity contribution >= 4 is 17.0 Å². The third kappa shape index (κ3) is 4.03. The third-order valence-corrected chi connectivity index (χ3v) is 5.92. The maximum atomic E-state index is 5.75. The summed E-state index contributed by atoms with van der Waals surface area (Å²) in [5, 5.41) is 5.59. The lowest BCUT2D eigenvalue weighted by atomic mass is 10.1. The summed E-state index contributed by atoms with van der Waals surface area (Å²) in [6.45, 7) is 3.77. The second kappa shape index (κ2) is 8.11. The minimum atomic E-state index is 0.264. The lowest BCUT2D eigenvalue weighted by molar-refractivity contribution is 0.0940. The van der Waals surface area contributed by atoms with Gasteiger partial charge in [0.15, 0.2) is 0 Å². The summed E-state index contributed by atoms with van der Waals surface area (Å²) in [5.41, 5.74) is 5.92. The molecule has 4 aromatic heterocycles. The summed E-state index contributed by atoms with van der Waals surface area (Å²) in [4.78, 5) is 17.6. The number of aryl methyl sites for hydroxylation is 1. The molecular formula is C24H30N7O+. The van der Waals surface area contributed by atoms with Crippen molar-refractivity contribution < 1.29 is 4.74 Å². The van der Waals surface area contributed by atoms with E-state index in [0.717, 1.165) is 77.5 Å². The molecule has 0 aliphatic carbocycles. The smallest absolute Gasteiger partial charge is 0.329 e. The van der Waals surface area contributed by atoms with Gasteiger partial charge in [-0.3, -0.25) is 9.16 Å². The van der Waals surface area contributed by atoms with Crippen LogP contribution in [0.4, 0.5) is 5.95 Å². The van der Waals surface area contributed by atoms with E-state index in [1.165, 1.54) is 0 Å². The van der Waals surface area contributed by atoms with E-state index in [1.807, 2.05) is 23.3 Å². The summed E-state index contributed by atoms with van der Waals surface area (Å²) in [6, 6.07) is 4.25. The third-order valence-electron chi connectivity index (χ3n) is 5.92. The van der Waals surface area contributed by atoms with Crippen LogP contribution in [0.3, 0.4) is 0 Å². The molecule has 1 saturated heterocycles. The van der Waals surface area contributed by atoms with E-state index in [2.05, 4.69) is 61.5 Å². The molecule has 1 N–H and O–H groups in total. The fourth-order valence-electron chi connectivity index (χ4n) is 4.09. The average Bonchev–Trinajstić information content (AvgIpc) is 3.53. The van der Waals surface area contributed by atoms with Gasteiger partial charge in [0.25, 0.3) is 0 Å². The number of hydrogen-bond donors (Lipinski definition) is 1. The number of aromatic nitrogens is 6. The quantitative estimate of drug-likeness (QED) is 0.469. The second-order valence-corrected chi connectivity index (χ2v) is 9.32. The minimum Gasteiger partial charge on any atom is -0.376 e. The molecule has 0 amide bonds. The highest BCUT2D eigenvalue weighted by molar-refractivity contribution is 5.95. The number of nitrogens with zero attached hydrogens (tertiary/aromatic N) is 6. The van der Waals surface area contributed by atoms with Crippen LogP contribution in [0.5, 0.6) is 0 Å². The Balaban J connectivity index is 1.52. The number of hydrogen-bond acceptors (Lipinski definition) is 5. The van der Waals surface area contributed by atoms with Crippen LogP contribution in [0.1, 0.15) is 25.5 Å². The highest BCUT2D eigenvalue weighted by atomic mass is 16.5. The molecular weight excluding hydrogens is 402 g/mol. The highest BCUT2D eigenvalue weighted by Gasteiger charge is 2.21. The van der Waals surface area contributed by atoms with Gasteiger partial charge < -0.3 is 9.72 Å². The number of aromatic amines is 1. The van der Waals surface area contributed by atoms with Gasteiger partial charge in [-0.25, -0.2) is 4.98 Å². The summed E-state index contributed by atoms with van der Waals surface area (Å²) >= 11 is 0. The Labute approximate surface area is 187 Å². The van der Waals surface area contributed by atoms with Crippen LogP contribution >= 0.6 is 0 Å². The molecule has 5 rings (SSSR count). The SMILES string of the molecule is CCc1cc(-c2c[nH]c3ncc(-c4cnn(CC5CCCO5)c4)cc23)nc([N+](C)(C)C)n1. The van der Waals surface area contributed by atoms with E-state index >= 15 is 0 Å². The first-order valence-corrected chi connectivity index (χ1v) is 11.2. The lowest BCUT2D eigenvalue weighted by Crippen LogP contribution is -2.37. The van der Waals surface area contributed by atoms with Crippen LogP contribution in [0, 0.1) is 0 Å². The molecule has 0 bridgehead atoms. The van der Waals surface area contributed by atoms with Gasteiger partial charge in [0.05, 0.1) is 51.4 Å². The first-order chi connectivity index (χ1) is 15.4. The van der Waals surface area contributed by atoms with E-state index in [1.54, 1.807) is 0 Å². The van der Waals surface area contributed by atoms with Crippen molar-refractivity contribution in [2.45, 2.75) is 38.8 Å². The van der Waals surface area contributed by atoms with Crippen molar-refractivity contribution in [1.82, 2.24) is 34.2 Å². The molecule has 4 aromatic rings. The standard InChI is InChI=1S/C24H30N7O/c1-5-18-10-22(29-24(28-18)31(2,3)4)21-13-26-23-20(21)9-16(11-25-23)17-12-27-30(14-17)15-19-7-6-8-32-19/h9-14,19H,5-8,15H2,1-4H3,(H,25,26)/q+1. The lowest BCUT2D eigenvalue weighted by Gasteiger charge is -2.21. The Morgan fingerprint density at radius 3 is 2.78 bits per heavy atom. The number of pyridine rings is 1. The predicted octanol–water partition coefficient (Wildman–Crippen LogP) is 3.82. The van der Waals surface area contributed by atoms with Crippen LogP contribution < -0.4 is 4.48 Å². The van der Waals surface area contributed by atoms with Gasteiger partial charge in [0.2, 0.25) is 0 Å². The summed E-state index contributed by atoms with van der Waals surface area (Å²) in [5.74, 6) is 0.799. The molecule has 0 radical (unpaired) electrons. The minimum absolute atomic E-state index is 0.264. The molecule has 32 heavy (non-hydrogen) atoms. The van der Waals surface area contributed by atoms with Crippen LogP contribution in [-0.4, -0.2) is 63.6 Å². The van der Waals surface area contributed by atoms with Crippen molar-refractivity contribution in [2.24, 2.45) is 0 Å². The largest absolute Gasteiger partial charge is 0.376 e. The number of quaternary nitrogens is 1. The Morgan fingerprint density at radius 1 is 1.16 bits per heavy atom. The molecule has 0 saturated carbocycles. The normalized spacial score (nSPS) is 16.8. The predicted molar refractivity (Wildman–Crippen MR) is 126 cm³/mol. The van der Waals surface area contributed by atoms with Gasteiger partial charge >= 0.3 is 5.95 Å². The zero-order chi connectivity index (χ0) is 22.3. The maximum absolute atomic E-state index is 5.75. The Bertz CT molecular complexity index is 1240. The Kier molecular flexibility index (Phi) is 5.27. The average molecular weight is 433 g/mol. The first-order valence-electron chi connectivity index (χ1n) is 11.2. The zero-order valence-corrected chi connectivity index (χ0v) is 19.2. The van der Waals surface area contributed by atoms with Gasteiger partial charge in [-0.2, -0.15) is 15.1 Å². The van der Waals surface area contributed by atoms with Crippen molar-refractivity contribution in [3.05, 3.63) is 42.6 Å². The van der Waals surface area contributed by atoms with Crippen LogP contribution in [0.15, 0.2) is 36.9 Å². The van der Waals surface area contributed by atoms with Crippen molar-refractivity contribution in [1.29, 1.82) is 0 Å². The van der Waals surface area contributed by atoms with Gasteiger partial charge in [-0.05, 0) is 31.4 Å². The fourth-order valence-corrected chi connectivity index (χ4v) is 4.09. The molecule has 1 aliphatic rings. The topological polar surface area (TPSA) is 81.5 Å². The number of fused-ring (bicyclic) bond motifs is 1. The molecule has 1 fully saturated rings. The van der Waals surface area contributed by atoms with Gasteiger partial charge in [0.1, 0.15) is 5.65 Å². The molecule has 5 heterocycles. The van der Waals surface area contributed by atoms with Crippen molar-refractivity contribution in [2.75, 3.05) is 27.7 Å². The second-order valence-electron chi connectivity index (χ2n) is 9.32. The monoisotopic (exact) mass is 432 g/mol. The summed E-state index contributed by atoms with van der Waals surface area (Å²) in [7, 11) is 6.26. The van der Waals surface area contributed by atoms with E-state index in [-0.39, 0.29) is 6.10 Å². The summed E-state index contributed by atoms with van der Waals surface area (Å²) in [6.07, 6.45) is 11.2. The fraction of sp³-hybridized carbons (Fsp3) is 0.417. The molecule has 1 aliphatic heterocycles. The van der Waals surface area contributed by atoms with Crippen molar-refractivity contribution in [3.8, 4) is 22.4 Å². The van der Waals surface area contributed by atoms with Crippen LogP contribution in [-0.2, 0) is 17.7 Å². The zero-order valence-electron chi connectivity index (χ0n) is 19.2. The molecule has 166 valence electrons. The van der Waals surface area contributed by atoms with E-state index < -0.39 is 0 Å². The Morgan fingerprint density at radius 2 is 2.03 bits per heavy atom. The molecule has 1 atom stereocenters. The van der Waals surface area contributed by atoms with Crippen LogP contribution in [0.25, 0.3) is 33.4 Å². The number of rotatable bonds is 6. The van der Waals surface area contributed by atoms with Gasteiger partial charge in [-0.15, -0.1) is 0 Å². The number of ether oxygens (including phenoxy) is 1. The van der Waals surface area contributed by atoms with Gasteiger partial charge in [-0.1, -0.05) is 6.92 Å². The highest BCUT2D eigenvalue weighted by Crippen LogP contribution is 2.31. The maximum Gasteiger partial charge on any atom is 0.329 e. The molecule has 1 unspecified atom stereocenters. The Hall–Kier alpha value is -3.10. The summed E-state index contributed by atoms with van der Waals surface area (Å²) < 4.78 is 8.28. The number of nitrogens with one attached hydrogen (secondary N) is 1. The first kappa shape index (κ1) is 20.8. The van der Waals surface area contributed by atoms with Crippen LogP contribution in [0.2, 0.25) is 0 Å². The van der Waals surface area contributed by atoms with E-state index in [4.69, 9.17) is 14.7 Å². The molecule has 0 aromatic carbocycles. The van der Waals surface area contributed by atoms with E-state index in [9.17, 15) is 0 Å². The molecule has 8 nitrogen and oxygen atoms in total. The van der Waals surface area contributed by atoms with E-state index in [0.29, 0.717) is 4.48 Å². The molecule has 0 spiro atoms. The van der Waals surface area contributed by atoms with Gasteiger partial charge in [0, 0.05) is 47.3 Å². The number of H-pyrrole nitrogens is 1. The molecule has 8 heteroatoms. The van der Waals surface area contributed by atoms with Crippen molar-refractivity contribution in [3.63, 3.8) is 0 Å².